The summed E-state index contributed by atoms with van der Waals surface area (Å²) in [5.74, 6) is 1.79. The molecule has 3 rings (SSSR count). The van der Waals surface area contributed by atoms with E-state index < -0.39 is 0 Å². The van der Waals surface area contributed by atoms with E-state index in [0.29, 0.717) is 6.04 Å². The van der Waals surface area contributed by atoms with Gasteiger partial charge in [0.05, 0.1) is 5.25 Å². The van der Waals surface area contributed by atoms with Crippen molar-refractivity contribution in [1.82, 2.24) is 4.90 Å². The average Bonchev–Trinajstić information content (AvgIpc) is 3.34. The van der Waals surface area contributed by atoms with Gasteiger partial charge in [-0.05, 0) is 68.7 Å². The minimum atomic E-state index is -0.0452. The van der Waals surface area contributed by atoms with Crippen LogP contribution in [0.1, 0.15) is 32.6 Å². The molecule has 2 aliphatic carbocycles. The van der Waals surface area contributed by atoms with Gasteiger partial charge in [-0.3, -0.25) is 4.79 Å². The van der Waals surface area contributed by atoms with Crippen LogP contribution in [-0.2, 0) is 4.79 Å². The number of hydrogen-bond acceptors (Lipinski definition) is 2. The fourth-order valence-corrected chi connectivity index (χ4v) is 4.19. The van der Waals surface area contributed by atoms with E-state index in [1.54, 1.807) is 11.8 Å². The molecule has 1 unspecified atom stereocenters. The summed E-state index contributed by atoms with van der Waals surface area (Å²) in [6, 6.07) is 8.21. The van der Waals surface area contributed by atoms with Gasteiger partial charge in [0.1, 0.15) is 0 Å². The largest absolute Gasteiger partial charge is 0.341 e. The van der Waals surface area contributed by atoms with Gasteiger partial charge in [0, 0.05) is 23.0 Å². The van der Waals surface area contributed by atoms with Gasteiger partial charge in [0.25, 0.3) is 0 Å². The maximum absolute atomic E-state index is 12.7. The normalized spacial score (nSPS) is 19.6. The summed E-state index contributed by atoms with van der Waals surface area (Å²) in [4.78, 5) is 15.8. The number of carbonyl (C=O) groups is 1. The SMILES string of the molecule is CC(Sc1ccc(Cl)cc1)C(=O)N(C)C(C1CC1)C1CC1. The lowest BCUT2D eigenvalue weighted by Crippen LogP contribution is -2.43. The quantitative estimate of drug-likeness (QED) is 0.720. The molecule has 4 heteroatoms. The van der Waals surface area contributed by atoms with Crippen LogP contribution in [0.2, 0.25) is 5.02 Å². The molecule has 0 radical (unpaired) electrons. The monoisotopic (exact) mass is 323 g/mol. The van der Waals surface area contributed by atoms with Gasteiger partial charge in [-0.2, -0.15) is 0 Å². The Hall–Kier alpha value is -0.670. The fourth-order valence-electron chi connectivity index (χ4n) is 3.09. The van der Waals surface area contributed by atoms with E-state index in [4.69, 9.17) is 11.6 Å². The molecule has 21 heavy (non-hydrogen) atoms. The molecule has 1 atom stereocenters. The first-order valence-electron chi connectivity index (χ1n) is 7.75. The van der Waals surface area contributed by atoms with Gasteiger partial charge in [-0.25, -0.2) is 0 Å². The number of thioether (sulfide) groups is 1. The standard InChI is InChI=1S/C17H22ClNOS/c1-11(21-15-9-7-14(18)8-10-15)17(20)19(2)16(12-3-4-12)13-5-6-13/h7-13,16H,3-6H2,1-2H3. The molecule has 1 amide bonds. The molecule has 0 heterocycles. The Morgan fingerprint density at radius 3 is 2.19 bits per heavy atom. The lowest BCUT2D eigenvalue weighted by Gasteiger charge is -2.30. The molecule has 2 saturated carbocycles. The van der Waals surface area contributed by atoms with Crippen LogP contribution in [-0.4, -0.2) is 29.1 Å². The predicted octanol–water partition coefficient (Wildman–Crippen LogP) is 4.47. The average molecular weight is 324 g/mol. The van der Waals surface area contributed by atoms with E-state index in [1.165, 1.54) is 25.7 Å². The highest BCUT2D eigenvalue weighted by molar-refractivity contribution is 8.00. The van der Waals surface area contributed by atoms with Crippen LogP contribution in [0.5, 0.6) is 0 Å². The maximum atomic E-state index is 12.7. The van der Waals surface area contributed by atoms with Crippen molar-refractivity contribution < 1.29 is 4.79 Å². The molecule has 2 nitrogen and oxygen atoms in total. The summed E-state index contributed by atoms with van der Waals surface area (Å²) in [6.45, 7) is 2.01. The van der Waals surface area contributed by atoms with Gasteiger partial charge in [0.2, 0.25) is 5.91 Å². The molecule has 1 aromatic rings. The highest BCUT2D eigenvalue weighted by Crippen LogP contribution is 2.47. The number of carbonyl (C=O) groups excluding carboxylic acids is 1. The summed E-state index contributed by atoms with van der Waals surface area (Å²) in [6.07, 6.45) is 5.21. The molecule has 0 bridgehead atoms. The van der Waals surface area contributed by atoms with Crippen molar-refractivity contribution in [3.63, 3.8) is 0 Å². The topological polar surface area (TPSA) is 20.3 Å². The summed E-state index contributed by atoms with van der Waals surface area (Å²) in [5, 5.41) is 0.689. The molecular weight excluding hydrogens is 302 g/mol. The predicted molar refractivity (Wildman–Crippen MR) is 88.8 cm³/mol. The second-order valence-corrected chi connectivity index (χ2v) is 8.18. The van der Waals surface area contributed by atoms with E-state index in [-0.39, 0.29) is 11.2 Å². The molecule has 0 spiro atoms. The van der Waals surface area contributed by atoms with Crippen LogP contribution in [0.15, 0.2) is 29.2 Å². The Morgan fingerprint density at radius 1 is 1.19 bits per heavy atom. The second kappa shape index (κ2) is 6.21. The summed E-state index contributed by atoms with van der Waals surface area (Å²) >= 11 is 7.52. The van der Waals surface area contributed by atoms with Crippen LogP contribution in [0, 0.1) is 11.8 Å². The molecule has 1 aromatic carbocycles. The lowest BCUT2D eigenvalue weighted by molar-refractivity contribution is -0.131. The minimum absolute atomic E-state index is 0.0452. The van der Waals surface area contributed by atoms with E-state index >= 15 is 0 Å². The van der Waals surface area contributed by atoms with Crippen LogP contribution < -0.4 is 0 Å². The Labute approximate surface area is 136 Å². The van der Waals surface area contributed by atoms with E-state index in [0.717, 1.165) is 21.8 Å². The Bertz CT molecular complexity index is 498. The van der Waals surface area contributed by atoms with Crippen molar-refractivity contribution in [3.05, 3.63) is 29.3 Å². The third-order valence-electron chi connectivity index (χ3n) is 4.48. The zero-order chi connectivity index (χ0) is 15.0. The molecule has 0 N–H and O–H groups in total. The Kier molecular flexibility index (Phi) is 4.51. The number of amides is 1. The van der Waals surface area contributed by atoms with Crippen molar-refractivity contribution in [1.29, 1.82) is 0 Å². The second-order valence-electron chi connectivity index (χ2n) is 6.33. The smallest absolute Gasteiger partial charge is 0.235 e. The molecule has 0 saturated heterocycles. The third-order valence-corrected chi connectivity index (χ3v) is 5.83. The number of nitrogens with zero attached hydrogens (tertiary/aromatic N) is 1. The van der Waals surface area contributed by atoms with Crippen LogP contribution in [0.3, 0.4) is 0 Å². The van der Waals surface area contributed by atoms with Crippen LogP contribution in [0.4, 0.5) is 0 Å². The molecule has 114 valence electrons. The van der Waals surface area contributed by atoms with Gasteiger partial charge < -0.3 is 4.90 Å². The molecule has 2 aliphatic rings. The van der Waals surface area contributed by atoms with Crippen molar-refractivity contribution >= 4 is 29.3 Å². The first-order chi connectivity index (χ1) is 10.1. The Morgan fingerprint density at radius 2 is 1.71 bits per heavy atom. The third kappa shape index (κ3) is 3.75. The lowest BCUT2D eigenvalue weighted by atomic mass is 10.1. The zero-order valence-electron chi connectivity index (χ0n) is 12.6. The first-order valence-corrected chi connectivity index (χ1v) is 9.01. The van der Waals surface area contributed by atoms with E-state index in [2.05, 4.69) is 0 Å². The van der Waals surface area contributed by atoms with Gasteiger partial charge in [-0.1, -0.05) is 11.6 Å². The van der Waals surface area contributed by atoms with Crippen molar-refractivity contribution in [2.45, 2.75) is 48.8 Å². The van der Waals surface area contributed by atoms with Gasteiger partial charge >= 0.3 is 0 Å². The molecule has 0 aliphatic heterocycles. The number of rotatable bonds is 6. The van der Waals surface area contributed by atoms with Crippen molar-refractivity contribution in [2.75, 3.05) is 7.05 Å². The van der Waals surface area contributed by atoms with E-state index in [9.17, 15) is 4.79 Å². The number of halogens is 1. The van der Waals surface area contributed by atoms with Crippen LogP contribution >= 0.6 is 23.4 Å². The van der Waals surface area contributed by atoms with Crippen LogP contribution in [0.25, 0.3) is 0 Å². The fraction of sp³-hybridized carbons (Fsp3) is 0.588. The first kappa shape index (κ1) is 15.2. The maximum Gasteiger partial charge on any atom is 0.235 e. The zero-order valence-corrected chi connectivity index (χ0v) is 14.2. The highest BCUT2D eigenvalue weighted by Gasteiger charge is 2.45. The van der Waals surface area contributed by atoms with Crippen molar-refractivity contribution in [2.24, 2.45) is 11.8 Å². The Balaban J connectivity index is 1.61. The summed E-state index contributed by atoms with van der Waals surface area (Å²) < 4.78 is 0. The summed E-state index contributed by atoms with van der Waals surface area (Å²) in [7, 11) is 2.00. The van der Waals surface area contributed by atoms with Crippen molar-refractivity contribution in [3.8, 4) is 0 Å². The molecule has 2 fully saturated rings. The number of benzene rings is 1. The summed E-state index contributed by atoms with van der Waals surface area (Å²) in [5.41, 5.74) is 0. The van der Waals surface area contributed by atoms with Gasteiger partial charge in [-0.15, -0.1) is 11.8 Å². The number of hydrogen-bond donors (Lipinski definition) is 0. The van der Waals surface area contributed by atoms with E-state index in [1.807, 2.05) is 43.1 Å². The van der Waals surface area contributed by atoms with Gasteiger partial charge in [0.15, 0.2) is 0 Å². The highest BCUT2D eigenvalue weighted by atomic mass is 35.5. The minimum Gasteiger partial charge on any atom is -0.341 e. The molecule has 0 aromatic heterocycles. The molecular formula is C17H22ClNOS.